The number of carbonyl (C=O) groups excluding carboxylic acids is 1. The fourth-order valence-electron chi connectivity index (χ4n) is 1.96. The molecule has 0 unspecified atom stereocenters. The van der Waals surface area contributed by atoms with Gasteiger partial charge in [-0.2, -0.15) is 13.2 Å². The summed E-state index contributed by atoms with van der Waals surface area (Å²) in [5, 5.41) is 2.41. The highest BCUT2D eigenvalue weighted by Gasteiger charge is 2.31. The molecule has 0 heterocycles. The van der Waals surface area contributed by atoms with Gasteiger partial charge in [0.05, 0.1) is 27.4 Å². The Labute approximate surface area is 156 Å². The van der Waals surface area contributed by atoms with Crippen LogP contribution in [-0.4, -0.2) is 12.5 Å². The van der Waals surface area contributed by atoms with E-state index in [0.717, 1.165) is 24.6 Å². The van der Waals surface area contributed by atoms with Gasteiger partial charge >= 0.3 is 6.18 Å². The number of alkyl halides is 3. The molecule has 0 atom stereocenters. The van der Waals surface area contributed by atoms with Gasteiger partial charge in [-0.1, -0.05) is 18.5 Å². The second kappa shape index (κ2) is 8.10. The van der Waals surface area contributed by atoms with E-state index < -0.39 is 17.6 Å². The van der Waals surface area contributed by atoms with Crippen LogP contribution in [0.1, 0.15) is 29.3 Å². The molecule has 0 spiro atoms. The van der Waals surface area contributed by atoms with Gasteiger partial charge in [-0.05, 0) is 58.7 Å². The van der Waals surface area contributed by atoms with Crippen molar-refractivity contribution in [1.29, 1.82) is 0 Å². The van der Waals surface area contributed by atoms with Crippen LogP contribution >= 0.6 is 27.5 Å². The lowest BCUT2D eigenvalue weighted by atomic mass is 10.1. The van der Waals surface area contributed by atoms with Gasteiger partial charge in [0.25, 0.3) is 5.91 Å². The average Bonchev–Trinajstić information content (AvgIpc) is 2.54. The largest absolute Gasteiger partial charge is 0.492 e. The van der Waals surface area contributed by atoms with Crippen molar-refractivity contribution >= 4 is 39.1 Å². The number of carbonyl (C=O) groups is 1. The molecule has 3 nitrogen and oxygen atoms in total. The first-order chi connectivity index (χ1) is 11.7. The molecule has 0 saturated heterocycles. The summed E-state index contributed by atoms with van der Waals surface area (Å²) in [4.78, 5) is 12.3. The number of nitrogens with one attached hydrogen (secondary N) is 1. The minimum Gasteiger partial charge on any atom is -0.492 e. The first-order valence-corrected chi connectivity index (χ1v) is 8.50. The maximum absolute atomic E-state index is 12.8. The molecule has 1 amide bonds. The topological polar surface area (TPSA) is 38.3 Å². The maximum atomic E-state index is 12.8. The Morgan fingerprint density at radius 3 is 2.56 bits per heavy atom. The highest BCUT2D eigenvalue weighted by Crippen LogP contribution is 2.34. The van der Waals surface area contributed by atoms with Crippen molar-refractivity contribution in [2.75, 3.05) is 11.9 Å². The van der Waals surface area contributed by atoms with Crippen LogP contribution in [0, 0.1) is 0 Å². The van der Waals surface area contributed by atoms with Crippen molar-refractivity contribution in [3.63, 3.8) is 0 Å². The Kier molecular flexibility index (Phi) is 6.35. The van der Waals surface area contributed by atoms with Gasteiger partial charge in [0.1, 0.15) is 5.75 Å². The van der Waals surface area contributed by atoms with Gasteiger partial charge in [0.2, 0.25) is 0 Å². The third-order valence-corrected chi connectivity index (χ3v) is 4.15. The number of anilines is 1. The monoisotopic (exact) mass is 435 g/mol. The molecule has 0 bridgehead atoms. The van der Waals surface area contributed by atoms with Crippen molar-refractivity contribution in [2.45, 2.75) is 19.5 Å². The summed E-state index contributed by atoms with van der Waals surface area (Å²) < 4.78 is 44.4. The van der Waals surface area contributed by atoms with Crippen LogP contribution in [0.25, 0.3) is 0 Å². The van der Waals surface area contributed by atoms with Crippen LogP contribution < -0.4 is 10.1 Å². The number of ether oxygens (including phenoxy) is 1. The normalized spacial score (nSPS) is 11.3. The molecule has 0 fully saturated rings. The Morgan fingerprint density at radius 1 is 1.24 bits per heavy atom. The fraction of sp³-hybridized carbons (Fsp3) is 0.235. The summed E-state index contributed by atoms with van der Waals surface area (Å²) in [7, 11) is 0. The molecule has 1 N–H and O–H groups in total. The smallest absolute Gasteiger partial charge is 0.416 e. The van der Waals surface area contributed by atoms with Crippen molar-refractivity contribution in [3.8, 4) is 5.75 Å². The second-order valence-electron chi connectivity index (χ2n) is 5.14. The minimum absolute atomic E-state index is 0.0170. The highest BCUT2D eigenvalue weighted by molar-refractivity contribution is 9.10. The zero-order chi connectivity index (χ0) is 18.6. The van der Waals surface area contributed by atoms with Gasteiger partial charge in [0, 0.05) is 5.56 Å². The Balaban J connectivity index is 2.21. The van der Waals surface area contributed by atoms with Gasteiger partial charge in [-0.15, -0.1) is 0 Å². The lowest BCUT2D eigenvalue weighted by molar-refractivity contribution is -0.137. The fourth-order valence-corrected chi connectivity index (χ4v) is 2.62. The highest BCUT2D eigenvalue weighted by atomic mass is 79.9. The van der Waals surface area contributed by atoms with Crippen molar-refractivity contribution < 1.29 is 22.7 Å². The quantitative estimate of drug-likeness (QED) is 0.609. The molecule has 0 aliphatic carbocycles. The molecular formula is C17H14BrClF3NO2. The van der Waals surface area contributed by atoms with E-state index in [1.807, 2.05) is 6.92 Å². The first-order valence-electron chi connectivity index (χ1n) is 7.33. The van der Waals surface area contributed by atoms with Gasteiger partial charge in [0.15, 0.2) is 0 Å². The third-order valence-electron chi connectivity index (χ3n) is 3.20. The van der Waals surface area contributed by atoms with Gasteiger partial charge in [-0.3, -0.25) is 4.79 Å². The summed E-state index contributed by atoms with van der Waals surface area (Å²) in [6.45, 7) is 2.50. The zero-order valence-electron chi connectivity index (χ0n) is 13.1. The Hall–Kier alpha value is -1.73. The van der Waals surface area contributed by atoms with Gasteiger partial charge < -0.3 is 10.1 Å². The number of hydrogen-bond acceptors (Lipinski definition) is 2. The van der Waals surface area contributed by atoms with E-state index >= 15 is 0 Å². The van der Waals surface area contributed by atoms with Crippen LogP contribution in [0.2, 0.25) is 5.02 Å². The van der Waals surface area contributed by atoms with Crippen LogP contribution in [0.4, 0.5) is 18.9 Å². The number of rotatable bonds is 5. The molecule has 0 radical (unpaired) electrons. The Morgan fingerprint density at radius 2 is 1.96 bits per heavy atom. The van der Waals surface area contributed by atoms with Gasteiger partial charge in [-0.25, -0.2) is 0 Å². The average molecular weight is 437 g/mol. The van der Waals surface area contributed by atoms with E-state index in [9.17, 15) is 18.0 Å². The van der Waals surface area contributed by atoms with Crippen molar-refractivity contribution in [1.82, 2.24) is 0 Å². The summed E-state index contributed by atoms with van der Waals surface area (Å²) >= 11 is 9.18. The lowest BCUT2D eigenvalue weighted by Crippen LogP contribution is -2.14. The number of hydrogen-bond donors (Lipinski definition) is 1. The summed E-state index contributed by atoms with van der Waals surface area (Å²) in [6.07, 6.45) is -3.69. The van der Waals surface area contributed by atoms with Crippen LogP contribution in [0.15, 0.2) is 40.9 Å². The molecule has 0 aliphatic rings. The summed E-state index contributed by atoms with van der Waals surface area (Å²) in [5.41, 5.74) is -0.746. The van der Waals surface area contributed by atoms with E-state index in [-0.39, 0.29) is 16.3 Å². The number of amides is 1. The maximum Gasteiger partial charge on any atom is 0.416 e. The molecule has 134 valence electrons. The predicted molar refractivity (Wildman–Crippen MR) is 94.3 cm³/mol. The van der Waals surface area contributed by atoms with E-state index in [1.165, 1.54) is 12.1 Å². The predicted octanol–water partition coefficient (Wildman–Crippen LogP) is 6.16. The number of halogens is 5. The van der Waals surface area contributed by atoms with Crippen LogP contribution in [-0.2, 0) is 6.18 Å². The molecule has 0 saturated carbocycles. The SMILES string of the molecule is CCCOc1ccc(C(=O)Nc2cc(C(F)(F)F)ccc2Cl)cc1Br. The third kappa shape index (κ3) is 5.12. The molecule has 2 rings (SSSR count). The summed E-state index contributed by atoms with van der Waals surface area (Å²) in [6, 6.07) is 7.41. The molecule has 2 aromatic rings. The number of benzene rings is 2. The zero-order valence-corrected chi connectivity index (χ0v) is 15.4. The molecule has 25 heavy (non-hydrogen) atoms. The van der Waals surface area contributed by atoms with E-state index in [0.29, 0.717) is 16.8 Å². The van der Waals surface area contributed by atoms with Crippen molar-refractivity contribution in [2.24, 2.45) is 0 Å². The van der Waals surface area contributed by atoms with Crippen LogP contribution in [0.5, 0.6) is 5.75 Å². The standard InChI is InChI=1S/C17H14BrClF3NO2/c1-2-7-25-15-6-3-10(8-12(15)18)16(24)23-14-9-11(17(20,21)22)4-5-13(14)19/h3-6,8-9H,2,7H2,1H3,(H,23,24). The molecule has 0 aliphatic heterocycles. The van der Waals surface area contributed by atoms with E-state index in [1.54, 1.807) is 6.07 Å². The van der Waals surface area contributed by atoms with Crippen molar-refractivity contribution in [3.05, 3.63) is 57.0 Å². The minimum atomic E-state index is -4.52. The summed E-state index contributed by atoms with van der Waals surface area (Å²) in [5.74, 6) is -0.000493. The lowest BCUT2D eigenvalue weighted by Gasteiger charge is -2.12. The molecule has 2 aromatic carbocycles. The first kappa shape index (κ1) is 19.6. The Bertz CT molecular complexity index is 781. The molecule has 0 aromatic heterocycles. The molecular weight excluding hydrogens is 423 g/mol. The second-order valence-corrected chi connectivity index (χ2v) is 6.40. The van der Waals surface area contributed by atoms with E-state index in [2.05, 4.69) is 21.2 Å². The van der Waals surface area contributed by atoms with Crippen LogP contribution in [0.3, 0.4) is 0 Å². The van der Waals surface area contributed by atoms with E-state index in [4.69, 9.17) is 16.3 Å². The molecule has 8 heteroatoms.